The summed E-state index contributed by atoms with van der Waals surface area (Å²) in [5, 5.41) is 10.2. The molecule has 1 N–H and O–H groups in total. The highest BCUT2D eigenvalue weighted by Gasteiger charge is 2.13. The lowest BCUT2D eigenvalue weighted by atomic mass is 9.98. The van der Waals surface area contributed by atoms with Gasteiger partial charge in [0.15, 0.2) is 5.43 Å². The summed E-state index contributed by atoms with van der Waals surface area (Å²) in [4.78, 5) is 12.5. The van der Waals surface area contributed by atoms with Crippen LogP contribution >= 0.6 is 11.6 Å². The van der Waals surface area contributed by atoms with Gasteiger partial charge in [0, 0.05) is 28.7 Å². The number of pyridine rings is 1. The van der Waals surface area contributed by atoms with Crippen molar-refractivity contribution in [3.63, 3.8) is 0 Å². The molecule has 2 aromatic carbocycles. The summed E-state index contributed by atoms with van der Waals surface area (Å²) >= 11 is 6.16. The van der Waals surface area contributed by atoms with Gasteiger partial charge < -0.3 is 9.67 Å². The van der Waals surface area contributed by atoms with Gasteiger partial charge in [-0.05, 0) is 55.2 Å². The normalized spacial score (nSPS) is 11.2. The maximum absolute atomic E-state index is 14.8. The summed E-state index contributed by atoms with van der Waals surface area (Å²) in [6.07, 6.45) is 2.08. The molecule has 3 nitrogen and oxygen atoms in total. The number of rotatable bonds is 4. The lowest BCUT2D eigenvalue weighted by Crippen LogP contribution is -2.15. The van der Waals surface area contributed by atoms with E-state index in [9.17, 15) is 14.3 Å². The van der Waals surface area contributed by atoms with Gasteiger partial charge in [-0.15, -0.1) is 0 Å². The molecule has 3 rings (SSSR count). The van der Waals surface area contributed by atoms with E-state index in [1.54, 1.807) is 23.8 Å². The Kier molecular flexibility index (Phi) is 4.93. The van der Waals surface area contributed by atoms with Gasteiger partial charge in [0.1, 0.15) is 5.82 Å². The van der Waals surface area contributed by atoms with Gasteiger partial charge in [0.25, 0.3) is 0 Å². The first-order valence-electron chi connectivity index (χ1n) is 8.09. The molecule has 0 radical (unpaired) electrons. The fourth-order valence-electron chi connectivity index (χ4n) is 3.14. The largest absolute Gasteiger partial charge is 0.395 e. The van der Waals surface area contributed by atoms with Crippen LogP contribution in [0.4, 0.5) is 4.39 Å². The summed E-state index contributed by atoms with van der Waals surface area (Å²) in [5.74, 6) is -0.460. The molecule has 0 unspecified atom stereocenters. The van der Waals surface area contributed by atoms with Crippen LogP contribution in [0, 0.1) is 19.7 Å². The second-order valence-electron chi connectivity index (χ2n) is 6.23. The lowest BCUT2D eigenvalue weighted by molar-refractivity contribution is 0.277. The number of aryl methyl sites for hydroxylation is 1. The summed E-state index contributed by atoms with van der Waals surface area (Å²) in [5.41, 5.74) is 3.23. The van der Waals surface area contributed by atoms with Crippen molar-refractivity contribution in [2.45, 2.75) is 26.8 Å². The number of aliphatic hydroxyl groups excluding tert-OH is 1. The van der Waals surface area contributed by atoms with Crippen molar-refractivity contribution in [2.75, 3.05) is 6.61 Å². The van der Waals surface area contributed by atoms with Crippen LogP contribution in [-0.2, 0) is 13.0 Å². The number of fused-ring (bicyclic) bond motifs is 1. The summed E-state index contributed by atoms with van der Waals surface area (Å²) in [7, 11) is 0. The number of halogens is 2. The van der Waals surface area contributed by atoms with E-state index < -0.39 is 5.82 Å². The number of aromatic nitrogens is 1. The van der Waals surface area contributed by atoms with E-state index in [0.717, 1.165) is 11.1 Å². The summed E-state index contributed by atoms with van der Waals surface area (Å²) in [6.45, 7) is 3.73. The van der Waals surface area contributed by atoms with Crippen LogP contribution in [-0.4, -0.2) is 16.3 Å². The van der Waals surface area contributed by atoms with Crippen LogP contribution in [0.2, 0.25) is 5.02 Å². The van der Waals surface area contributed by atoms with Gasteiger partial charge in [0.05, 0.1) is 12.1 Å². The Balaban J connectivity index is 2.17. The molecule has 0 spiro atoms. The van der Waals surface area contributed by atoms with Crippen LogP contribution < -0.4 is 5.43 Å². The van der Waals surface area contributed by atoms with Gasteiger partial charge in [-0.2, -0.15) is 0 Å². The van der Waals surface area contributed by atoms with Gasteiger partial charge in [-0.25, -0.2) is 4.39 Å². The molecule has 5 heteroatoms. The van der Waals surface area contributed by atoms with E-state index in [0.29, 0.717) is 28.0 Å². The SMILES string of the molecule is Cc1c(Cl)cccc1Cc1cc(F)c2c(c1)c(=O)c(C)cn2CCO. The Labute approximate surface area is 150 Å². The van der Waals surface area contributed by atoms with Crippen molar-refractivity contribution in [3.05, 3.63) is 79.8 Å². The van der Waals surface area contributed by atoms with Crippen LogP contribution in [0.1, 0.15) is 22.3 Å². The minimum atomic E-state index is -0.460. The molecule has 130 valence electrons. The zero-order valence-corrected chi connectivity index (χ0v) is 14.9. The Morgan fingerprint density at radius 2 is 2.00 bits per heavy atom. The molecule has 1 heterocycles. The van der Waals surface area contributed by atoms with Gasteiger partial charge in [0.2, 0.25) is 0 Å². The monoisotopic (exact) mass is 359 g/mol. The highest BCUT2D eigenvalue weighted by atomic mass is 35.5. The van der Waals surface area contributed by atoms with Crippen LogP contribution in [0.5, 0.6) is 0 Å². The number of nitrogens with zero attached hydrogens (tertiary/aromatic N) is 1. The smallest absolute Gasteiger partial charge is 0.192 e. The summed E-state index contributed by atoms with van der Waals surface area (Å²) in [6, 6.07) is 8.82. The fraction of sp³-hybridized carbons (Fsp3) is 0.250. The molecule has 3 aromatic rings. The highest BCUT2D eigenvalue weighted by Crippen LogP contribution is 2.24. The third-order valence-electron chi connectivity index (χ3n) is 4.48. The van der Waals surface area contributed by atoms with Gasteiger partial charge in [-0.1, -0.05) is 23.7 Å². The van der Waals surface area contributed by atoms with Crippen molar-refractivity contribution in [2.24, 2.45) is 0 Å². The van der Waals surface area contributed by atoms with Crippen molar-refractivity contribution in [3.8, 4) is 0 Å². The second kappa shape index (κ2) is 6.98. The van der Waals surface area contributed by atoms with Crippen molar-refractivity contribution in [1.82, 2.24) is 4.57 Å². The first kappa shape index (κ1) is 17.6. The first-order valence-corrected chi connectivity index (χ1v) is 8.47. The quantitative estimate of drug-likeness (QED) is 0.765. The number of benzene rings is 2. The Morgan fingerprint density at radius 3 is 2.72 bits per heavy atom. The average Bonchev–Trinajstić information content (AvgIpc) is 2.56. The van der Waals surface area contributed by atoms with E-state index in [1.165, 1.54) is 6.07 Å². The Morgan fingerprint density at radius 1 is 1.24 bits per heavy atom. The third kappa shape index (κ3) is 3.32. The zero-order chi connectivity index (χ0) is 18.1. The van der Waals surface area contributed by atoms with Crippen molar-refractivity contribution in [1.29, 1.82) is 0 Å². The third-order valence-corrected chi connectivity index (χ3v) is 4.89. The molecule has 0 amide bonds. The molecule has 0 saturated heterocycles. The van der Waals surface area contributed by atoms with Crippen molar-refractivity contribution >= 4 is 22.5 Å². The van der Waals surface area contributed by atoms with Gasteiger partial charge >= 0.3 is 0 Å². The summed E-state index contributed by atoms with van der Waals surface area (Å²) < 4.78 is 16.4. The van der Waals surface area contributed by atoms with E-state index in [2.05, 4.69) is 0 Å². The average molecular weight is 360 g/mol. The zero-order valence-electron chi connectivity index (χ0n) is 14.1. The Bertz CT molecular complexity index is 1010. The minimum absolute atomic E-state index is 0.125. The highest BCUT2D eigenvalue weighted by molar-refractivity contribution is 6.31. The molecular formula is C20H19ClFNO2. The van der Waals surface area contributed by atoms with E-state index in [4.69, 9.17) is 11.6 Å². The van der Waals surface area contributed by atoms with Crippen LogP contribution in [0.15, 0.2) is 41.3 Å². The maximum Gasteiger partial charge on any atom is 0.192 e. The molecule has 0 fully saturated rings. The number of hydrogen-bond donors (Lipinski definition) is 1. The standard InChI is InChI=1S/C20H19ClFNO2/c1-12-11-23(6-7-24)19-16(20(12)25)9-14(10-18(19)22)8-15-4-3-5-17(21)13(15)2/h3-5,9-11,24H,6-8H2,1-2H3. The van der Waals surface area contributed by atoms with Crippen LogP contribution in [0.25, 0.3) is 10.9 Å². The molecule has 0 saturated carbocycles. The molecule has 1 aromatic heterocycles. The number of hydrogen-bond acceptors (Lipinski definition) is 2. The topological polar surface area (TPSA) is 42.2 Å². The van der Waals surface area contributed by atoms with Gasteiger partial charge in [-0.3, -0.25) is 4.79 Å². The Hall–Kier alpha value is -2.17. The van der Waals surface area contributed by atoms with E-state index in [1.807, 2.05) is 25.1 Å². The maximum atomic E-state index is 14.8. The molecule has 0 bridgehead atoms. The molecular weight excluding hydrogens is 341 g/mol. The molecule has 0 aliphatic carbocycles. The molecule has 0 aliphatic rings. The molecule has 0 atom stereocenters. The van der Waals surface area contributed by atoms with Crippen LogP contribution in [0.3, 0.4) is 0 Å². The van der Waals surface area contributed by atoms with E-state index in [-0.39, 0.29) is 24.1 Å². The second-order valence-corrected chi connectivity index (χ2v) is 6.64. The predicted octanol–water partition coefficient (Wildman–Crippen LogP) is 3.99. The molecule has 25 heavy (non-hydrogen) atoms. The fourth-order valence-corrected chi connectivity index (χ4v) is 3.33. The predicted molar refractivity (Wildman–Crippen MR) is 99.0 cm³/mol. The first-order chi connectivity index (χ1) is 11.9. The molecule has 0 aliphatic heterocycles. The number of aliphatic hydroxyl groups is 1. The lowest BCUT2D eigenvalue weighted by Gasteiger charge is -2.14. The van der Waals surface area contributed by atoms with Crippen molar-refractivity contribution < 1.29 is 9.50 Å². The minimum Gasteiger partial charge on any atom is -0.395 e. The van der Waals surface area contributed by atoms with E-state index >= 15 is 0 Å².